The Morgan fingerprint density at radius 1 is 0.952 bits per heavy atom. The molecule has 1 aromatic carbocycles. The second-order valence-electron chi connectivity index (χ2n) is 3.90. The molecule has 0 atom stereocenters. The van der Waals surface area contributed by atoms with E-state index in [1.165, 1.54) is 11.1 Å². The Bertz CT molecular complexity index is 420. The summed E-state index contributed by atoms with van der Waals surface area (Å²) in [4.78, 5) is 0. The molecule has 0 unspecified atom stereocenters. The van der Waals surface area contributed by atoms with Crippen LogP contribution >= 0.6 is 0 Å². The van der Waals surface area contributed by atoms with Crippen LogP contribution in [0.1, 0.15) is 33.3 Å². The van der Waals surface area contributed by atoms with E-state index < -0.39 is 0 Å². The molecule has 0 fully saturated rings. The van der Waals surface area contributed by atoms with Crippen LogP contribution < -0.4 is 0 Å². The van der Waals surface area contributed by atoms with Crippen molar-refractivity contribution in [2.75, 3.05) is 0 Å². The van der Waals surface area contributed by atoms with Gasteiger partial charge < -0.3 is 0 Å². The average Bonchev–Trinajstić information content (AvgIpc) is 2.56. The first-order valence-electron chi connectivity index (χ1n) is 7.50. The molecule has 0 aliphatic rings. The molecule has 0 spiro atoms. The largest absolute Gasteiger partial charge is 0.0991 e. The van der Waals surface area contributed by atoms with Gasteiger partial charge in [0.2, 0.25) is 0 Å². The van der Waals surface area contributed by atoms with E-state index in [4.69, 9.17) is 0 Å². The highest BCUT2D eigenvalue weighted by molar-refractivity contribution is 5.29. The molecule has 0 saturated carbocycles. The summed E-state index contributed by atoms with van der Waals surface area (Å²) in [5, 5.41) is 0. The van der Waals surface area contributed by atoms with Crippen LogP contribution in [0.25, 0.3) is 0 Å². The zero-order chi connectivity index (χ0) is 16.3. The number of benzene rings is 1. The molecule has 0 radical (unpaired) electrons. The molecule has 0 aromatic heterocycles. The summed E-state index contributed by atoms with van der Waals surface area (Å²) < 4.78 is 0. The molecule has 0 bridgehead atoms. The van der Waals surface area contributed by atoms with E-state index in [2.05, 4.69) is 25.3 Å². The van der Waals surface area contributed by atoms with Crippen molar-refractivity contribution in [3.05, 3.63) is 97.2 Å². The van der Waals surface area contributed by atoms with Crippen LogP contribution in [0.15, 0.2) is 91.6 Å². The van der Waals surface area contributed by atoms with Crippen LogP contribution in [0.2, 0.25) is 0 Å². The number of hydrogen-bond donors (Lipinski definition) is 0. The summed E-state index contributed by atoms with van der Waals surface area (Å²) in [5.74, 6) is 0. The van der Waals surface area contributed by atoms with Crippen molar-refractivity contribution in [1.29, 1.82) is 0 Å². The number of hydrogen-bond acceptors (Lipinski definition) is 0. The third-order valence-electron chi connectivity index (χ3n) is 2.34. The molecule has 0 aliphatic carbocycles. The molecule has 21 heavy (non-hydrogen) atoms. The molecule has 0 heterocycles. The smallest absolute Gasteiger partial charge is 0.00260 e. The molecule has 0 amide bonds. The first-order valence-corrected chi connectivity index (χ1v) is 7.50. The van der Waals surface area contributed by atoms with E-state index in [-0.39, 0.29) is 0 Å². The Balaban J connectivity index is 0. The predicted octanol–water partition coefficient (Wildman–Crippen LogP) is 6.69. The van der Waals surface area contributed by atoms with E-state index in [0.29, 0.717) is 0 Å². The highest BCUT2D eigenvalue weighted by atomic mass is 14.0. The van der Waals surface area contributed by atoms with Gasteiger partial charge in [-0.2, -0.15) is 0 Å². The Morgan fingerprint density at radius 3 is 1.86 bits per heavy atom. The van der Waals surface area contributed by atoms with Gasteiger partial charge in [-0.1, -0.05) is 99.9 Å². The van der Waals surface area contributed by atoms with E-state index in [1.807, 2.05) is 82.4 Å². The lowest BCUT2D eigenvalue weighted by Gasteiger charge is -2.00. The van der Waals surface area contributed by atoms with Gasteiger partial charge in [-0.3, -0.25) is 0 Å². The molecule has 0 aliphatic heterocycles. The van der Waals surface area contributed by atoms with Crippen molar-refractivity contribution in [1.82, 2.24) is 0 Å². The van der Waals surface area contributed by atoms with Crippen LogP contribution in [0.5, 0.6) is 0 Å². The fourth-order valence-corrected chi connectivity index (χ4v) is 1.40. The van der Waals surface area contributed by atoms with Crippen molar-refractivity contribution >= 4 is 0 Å². The predicted molar refractivity (Wildman–Crippen MR) is 99.6 cm³/mol. The van der Waals surface area contributed by atoms with Crippen LogP contribution in [-0.4, -0.2) is 0 Å². The van der Waals surface area contributed by atoms with E-state index >= 15 is 0 Å². The van der Waals surface area contributed by atoms with Crippen LogP contribution in [-0.2, 0) is 6.42 Å². The standard InChI is InChI=1S/C13H14.C6H10.C2H6/c1-3-8-12(4-2)11-13-9-6-5-7-10-13;1-3-5-6-4-2;1-2/h3-10H,1-2,11H2;3-6H,1-2H3;1-2H3/b12-8+;5-3-,6-4-;. The summed E-state index contributed by atoms with van der Waals surface area (Å²) >= 11 is 0. The Hall–Kier alpha value is -2.08. The SMILES string of the molecule is C/C=C\C=C/C.C=C/C=C(\C=C)Cc1ccccc1.CC. The maximum atomic E-state index is 3.76. The summed E-state index contributed by atoms with van der Waals surface area (Å²) in [7, 11) is 0. The van der Waals surface area contributed by atoms with Crippen LogP contribution in [0.3, 0.4) is 0 Å². The third-order valence-corrected chi connectivity index (χ3v) is 2.34. The van der Waals surface area contributed by atoms with Crippen molar-refractivity contribution in [3.8, 4) is 0 Å². The maximum Gasteiger partial charge on any atom is -0.00260 e. The van der Waals surface area contributed by atoms with Gasteiger partial charge in [-0.15, -0.1) is 0 Å². The third kappa shape index (κ3) is 14.1. The zero-order valence-electron chi connectivity index (χ0n) is 14.0. The Morgan fingerprint density at radius 2 is 1.48 bits per heavy atom. The lowest BCUT2D eigenvalue weighted by atomic mass is 10.1. The summed E-state index contributed by atoms with van der Waals surface area (Å²) in [6.45, 7) is 15.4. The van der Waals surface area contributed by atoms with Crippen molar-refractivity contribution in [2.45, 2.75) is 34.1 Å². The number of allylic oxidation sites excluding steroid dienone is 8. The Kier molecular flexibility index (Phi) is 18.1. The van der Waals surface area contributed by atoms with Crippen LogP contribution in [0.4, 0.5) is 0 Å². The molecule has 0 nitrogen and oxygen atoms in total. The highest BCUT2D eigenvalue weighted by Crippen LogP contribution is 2.08. The second-order valence-corrected chi connectivity index (χ2v) is 3.90. The monoisotopic (exact) mass is 282 g/mol. The van der Waals surface area contributed by atoms with Crippen molar-refractivity contribution < 1.29 is 0 Å². The normalized spacial score (nSPS) is 10.4. The zero-order valence-corrected chi connectivity index (χ0v) is 14.0. The first kappa shape index (κ1) is 21.2. The molecule has 0 saturated heterocycles. The lowest BCUT2D eigenvalue weighted by molar-refractivity contribution is 1.20. The minimum Gasteiger partial charge on any atom is -0.0991 e. The minimum absolute atomic E-state index is 0.927. The Labute approximate surface area is 131 Å². The summed E-state index contributed by atoms with van der Waals surface area (Å²) in [5.41, 5.74) is 2.50. The fourth-order valence-electron chi connectivity index (χ4n) is 1.40. The second kappa shape index (κ2) is 17.9. The molecule has 114 valence electrons. The molecular weight excluding hydrogens is 252 g/mol. The molecular formula is C21H30. The van der Waals surface area contributed by atoms with E-state index in [9.17, 15) is 0 Å². The maximum absolute atomic E-state index is 3.76. The number of rotatable bonds is 5. The van der Waals surface area contributed by atoms with Gasteiger partial charge in [0.1, 0.15) is 0 Å². The van der Waals surface area contributed by atoms with Gasteiger partial charge in [0.05, 0.1) is 0 Å². The van der Waals surface area contributed by atoms with Gasteiger partial charge in [-0.25, -0.2) is 0 Å². The highest BCUT2D eigenvalue weighted by Gasteiger charge is 1.92. The lowest BCUT2D eigenvalue weighted by Crippen LogP contribution is -1.86. The van der Waals surface area contributed by atoms with Gasteiger partial charge in [0.25, 0.3) is 0 Å². The van der Waals surface area contributed by atoms with Gasteiger partial charge in [0.15, 0.2) is 0 Å². The topological polar surface area (TPSA) is 0 Å². The van der Waals surface area contributed by atoms with Crippen molar-refractivity contribution in [3.63, 3.8) is 0 Å². The van der Waals surface area contributed by atoms with Gasteiger partial charge in [-0.05, 0) is 31.4 Å². The molecule has 1 aromatic rings. The van der Waals surface area contributed by atoms with E-state index in [1.54, 1.807) is 6.08 Å². The van der Waals surface area contributed by atoms with Crippen molar-refractivity contribution in [2.24, 2.45) is 0 Å². The van der Waals surface area contributed by atoms with Gasteiger partial charge in [0, 0.05) is 0 Å². The van der Waals surface area contributed by atoms with E-state index in [0.717, 1.165) is 6.42 Å². The summed E-state index contributed by atoms with van der Waals surface area (Å²) in [6, 6.07) is 10.3. The first-order chi connectivity index (χ1) is 10.3. The molecule has 1 rings (SSSR count). The van der Waals surface area contributed by atoms with Gasteiger partial charge >= 0.3 is 0 Å². The molecule has 0 N–H and O–H groups in total. The minimum atomic E-state index is 0.927. The quantitative estimate of drug-likeness (QED) is 0.527. The fraction of sp³-hybridized carbons (Fsp3) is 0.238. The average molecular weight is 282 g/mol. The molecule has 0 heteroatoms. The van der Waals surface area contributed by atoms with Crippen LogP contribution in [0, 0.1) is 0 Å². The summed E-state index contributed by atoms with van der Waals surface area (Å²) in [6.07, 6.45) is 14.6.